The Morgan fingerprint density at radius 2 is 2.10 bits per heavy atom. The predicted octanol–water partition coefficient (Wildman–Crippen LogP) is 5.44. The van der Waals surface area contributed by atoms with Crippen LogP contribution in [0.15, 0.2) is 16.6 Å². The van der Waals surface area contributed by atoms with Gasteiger partial charge in [-0.05, 0) is 54.1 Å². The molecule has 1 fully saturated rings. The van der Waals surface area contributed by atoms with Crippen LogP contribution in [0.1, 0.15) is 51.0 Å². The number of benzene rings is 1. The fourth-order valence-corrected chi connectivity index (χ4v) is 3.69. The summed E-state index contributed by atoms with van der Waals surface area (Å²) >= 11 is 3.52. The Hall–Kier alpha value is -1.10. The van der Waals surface area contributed by atoms with Crippen LogP contribution >= 0.6 is 15.9 Å². The number of nitrogens with one attached hydrogen (secondary N) is 1. The van der Waals surface area contributed by atoms with Gasteiger partial charge in [-0.3, -0.25) is 10.1 Å². The van der Waals surface area contributed by atoms with E-state index in [1.807, 2.05) is 6.07 Å². The Morgan fingerprint density at radius 3 is 2.76 bits per heavy atom. The van der Waals surface area contributed by atoms with E-state index in [9.17, 15) is 10.1 Å². The van der Waals surface area contributed by atoms with Crippen LogP contribution < -0.4 is 5.32 Å². The molecular weight excluding hydrogens is 332 g/mol. The first kappa shape index (κ1) is 16.3. The molecule has 0 heterocycles. The van der Waals surface area contributed by atoms with Crippen molar-refractivity contribution >= 4 is 27.3 Å². The Morgan fingerprint density at radius 1 is 1.33 bits per heavy atom. The van der Waals surface area contributed by atoms with Crippen LogP contribution in [0.2, 0.25) is 0 Å². The quantitative estimate of drug-likeness (QED) is 0.445. The zero-order valence-corrected chi connectivity index (χ0v) is 14.3. The summed E-state index contributed by atoms with van der Waals surface area (Å²) in [6, 6.07) is 3.90. The molecule has 116 valence electrons. The van der Waals surface area contributed by atoms with Crippen LogP contribution in [0.25, 0.3) is 0 Å². The smallest absolute Gasteiger partial charge is 0.274 e. The van der Waals surface area contributed by atoms with Gasteiger partial charge >= 0.3 is 0 Å². The SMILES string of the molecule is CCC1CCCC(Nc2cc([N+](=O)[O-])c(C)cc2Br)CC1. The van der Waals surface area contributed by atoms with Gasteiger partial charge in [0, 0.05) is 22.1 Å². The number of nitro groups is 1. The Labute approximate surface area is 134 Å². The van der Waals surface area contributed by atoms with Crippen LogP contribution in [0.4, 0.5) is 11.4 Å². The van der Waals surface area contributed by atoms with E-state index < -0.39 is 0 Å². The van der Waals surface area contributed by atoms with Crippen molar-refractivity contribution in [3.63, 3.8) is 0 Å². The highest BCUT2D eigenvalue weighted by molar-refractivity contribution is 9.10. The van der Waals surface area contributed by atoms with Gasteiger partial charge in [0.05, 0.1) is 10.6 Å². The van der Waals surface area contributed by atoms with Crippen molar-refractivity contribution in [1.82, 2.24) is 0 Å². The molecule has 2 unspecified atom stereocenters. The van der Waals surface area contributed by atoms with Crippen molar-refractivity contribution in [2.45, 2.75) is 58.4 Å². The van der Waals surface area contributed by atoms with E-state index >= 15 is 0 Å². The normalized spacial score (nSPS) is 22.6. The molecule has 21 heavy (non-hydrogen) atoms. The fourth-order valence-electron chi connectivity index (χ4n) is 3.12. The van der Waals surface area contributed by atoms with E-state index in [1.165, 1.54) is 25.7 Å². The Bertz CT molecular complexity index is 519. The van der Waals surface area contributed by atoms with Gasteiger partial charge in [0.1, 0.15) is 0 Å². The van der Waals surface area contributed by atoms with Crippen LogP contribution in [-0.2, 0) is 0 Å². The molecule has 1 aromatic carbocycles. The number of halogens is 1. The molecule has 0 radical (unpaired) electrons. The van der Waals surface area contributed by atoms with E-state index in [-0.39, 0.29) is 10.6 Å². The van der Waals surface area contributed by atoms with E-state index in [4.69, 9.17) is 0 Å². The summed E-state index contributed by atoms with van der Waals surface area (Å²) in [5.41, 5.74) is 1.71. The van der Waals surface area contributed by atoms with E-state index in [0.717, 1.165) is 28.9 Å². The highest BCUT2D eigenvalue weighted by Crippen LogP contribution is 2.33. The molecule has 4 nitrogen and oxygen atoms in total. The number of anilines is 1. The number of nitro benzene ring substituents is 1. The van der Waals surface area contributed by atoms with Gasteiger partial charge < -0.3 is 5.32 Å². The predicted molar refractivity (Wildman–Crippen MR) is 89.8 cm³/mol. The van der Waals surface area contributed by atoms with E-state index in [1.54, 1.807) is 13.0 Å². The molecule has 1 aliphatic carbocycles. The summed E-state index contributed by atoms with van der Waals surface area (Å²) < 4.78 is 0.905. The minimum atomic E-state index is -0.312. The average molecular weight is 355 g/mol. The Balaban J connectivity index is 2.12. The monoisotopic (exact) mass is 354 g/mol. The standard InChI is InChI=1S/C16H23BrN2O2/c1-3-12-5-4-6-13(8-7-12)18-15-10-16(19(20)21)11(2)9-14(15)17/h9-10,12-13,18H,3-8H2,1-2H3. The molecule has 1 aliphatic rings. The van der Waals surface area contributed by atoms with Crippen molar-refractivity contribution in [2.75, 3.05) is 5.32 Å². The summed E-state index contributed by atoms with van der Waals surface area (Å²) in [7, 11) is 0. The number of hydrogen-bond donors (Lipinski definition) is 1. The summed E-state index contributed by atoms with van der Waals surface area (Å²) in [5, 5.41) is 14.6. The van der Waals surface area contributed by atoms with Gasteiger partial charge in [-0.25, -0.2) is 0 Å². The molecule has 1 aromatic rings. The average Bonchev–Trinajstić information content (AvgIpc) is 2.66. The minimum Gasteiger partial charge on any atom is -0.381 e. The first-order valence-electron chi connectivity index (χ1n) is 7.72. The minimum absolute atomic E-state index is 0.181. The van der Waals surface area contributed by atoms with Crippen LogP contribution in [0.5, 0.6) is 0 Å². The van der Waals surface area contributed by atoms with Crippen molar-refractivity contribution in [3.8, 4) is 0 Å². The molecule has 1 N–H and O–H groups in total. The van der Waals surface area contributed by atoms with Crippen molar-refractivity contribution < 1.29 is 4.92 Å². The van der Waals surface area contributed by atoms with Gasteiger partial charge in [0.2, 0.25) is 0 Å². The van der Waals surface area contributed by atoms with Gasteiger partial charge in [-0.1, -0.05) is 26.2 Å². The molecule has 2 rings (SSSR count). The molecule has 5 heteroatoms. The lowest BCUT2D eigenvalue weighted by atomic mass is 9.98. The highest BCUT2D eigenvalue weighted by Gasteiger charge is 2.20. The van der Waals surface area contributed by atoms with Gasteiger partial charge in [0.15, 0.2) is 0 Å². The van der Waals surface area contributed by atoms with Crippen molar-refractivity contribution in [3.05, 3.63) is 32.3 Å². The van der Waals surface area contributed by atoms with Crippen LogP contribution in [-0.4, -0.2) is 11.0 Å². The second kappa shape index (κ2) is 7.25. The molecule has 2 atom stereocenters. The molecular formula is C16H23BrN2O2. The third-order valence-electron chi connectivity index (χ3n) is 4.51. The molecule has 0 spiro atoms. The maximum absolute atomic E-state index is 11.1. The molecule has 0 bridgehead atoms. The van der Waals surface area contributed by atoms with Crippen molar-refractivity contribution in [2.24, 2.45) is 5.92 Å². The summed E-state index contributed by atoms with van der Waals surface area (Å²) in [6.07, 6.45) is 7.34. The zero-order valence-electron chi connectivity index (χ0n) is 12.7. The first-order chi connectivity index (χ1) is 10.0. The summed E-state index contributed by atoms with van der Waals surface area (Å²) in [5.74, 6) is 0.840. The van der Waals surface area contributed by atoms with Crippen LogP contribution in [0, 0.1) is 23.0 Å². The number of nitrogens with zero attached hydrogens (tertiary/aromatic N) is 1. The topological polar surface area (TPSA) is 55.2 Å². The molecule has 0 aromatic heterocycles. The van der Waals surface area contributed by atoms with Gasteiger partial charge in [-0.15, -0.1) is 0 Å². The lowest BCUT2D eigenvalue weighted by Crippen LogP contribution is -2.19. The number of hydrogen-bond acceptors (Lipinski definition) is 3. The summed E-state index contributed by atoms with van der Waals surface area (Å²) in [6.45, 7) is 4.03. The fraction of sp³-hybridized carbons (Fsp3) is 0.625. The lowest BCUT2D eigenvalue weighted by molar-refractivity contribution is -0.385. The second-order valence-electron chi connectivity index (χ2n) is 6.00. The third-order valence-corrected chi connectivity index (χ3v) is 5.16. The highest BCUT2D eigenvalue weighted by atomic mass is 79.9. The third kappa shape index (κ3) is 4.19. The molecule has 0 aliphatic heterocycles. The molecule has 1 saturated carbocycles. The molecule has 0 saturated heterocycles. The zero-order chi connectivity index (χ0) is 15.4. The first-order valence-corrected chi connectivity index (χ1v) is 8.51. The maximum Gasteiger partial charge on any atom is 0.274 e. The molecule has 0 amide bonds. The van der Waals surface area contributed by atoms with Crippen LogP contribution in [0.3, 0.4) is 0 Å². The summed E-state index contributed by atoms with van der Waals surface area (Å²) in [4.78, 5) is 10.8. The second-order valence-corrected chi connectivity index (χ2v) is 6.85. The van der Waals surface area contributed by atoms with E-state index in [2.05, 4.69) is 28.2 Å². The maximum atomic E-state index is 11.1. The van der Waals surface area contributed by atoms with Crippen molar-refractivity contribution in [1.29, 1.82) is 0 Å². The largest absolute Gasteiger partial charge is 0.381 e. The lowest BCUT2D eigenvalue weighted by Gasteiger charge is -2.19. The van der Waals surface area contributed by atoms with Gasteiger partial charge in [-0.2, -0.15) is 0 Å². The number of aryl methyl sites for hydroxylation is 1. The number of rotatable bonds is 4. The Kier molecular flexibility index (Phi) is 5.62. The van der Waals surface area contributed by atoms with E-state index in [0.29, 0.717) is 11.6 Å². The van der Waals surface area contributed by atoms with Gasteiger partial charge in [0.25, 0.3) is 5.69 Å².